The fourth-order valence-electron chi connectivity index (χ4n) is 2.45. The fraction of sp³-hybridized carbons (Fsp3) is 0.350. The van der Waals surface area contributed by atoms with Gasteiger partial charge in [0.25, 0.3) is 0 Å². The standard InChI is InChI=1S/C20H26N2O2/c1-14(2)17-7-5-6-8-19(17)24-12-11-21-20(23)22-18-13-15(3)9-10-16(18)4/h5-10,13-14H,11-12H2,1-4H3,(H2,21,22,23). The van der Waals surface area contributed by atoms with E-state index in [0.29, 0.717) is 19.1 Å². The quantitative estimate of drug-likeness (QED) is 0.761. The number of anilines is 1. The Morgan fingerprint density at radius 1 is 1.12 bits per heavy atom. The van der Waals surface area contributed by atoms with E-state index in [-0.39, 0.29) is 6.03 Å². The van der Waals surface area contributed by atoms with Gasteiger partial charge >= 0.3 is 6.03 Å². The average molecular weight is 326 g/mol. The van der Waals surface area contributed by atoms with Crippen molar-refractivity contribution in [3.63, 3.8) is 0 Å². The van der Waals surface area contributed by atoms with Crippen molar-refractivity contribution >= 4 is 11.7 Å². The summed E-state index contributed by atoms with van der Waals surface area (Å²) in [6, 6.07) is 13.8. The number of rotatable bonds is 6. The van der Waals surface area contributed by atoms with Crippen LogP contribution in [0.2, 0.25) is 0 Å². The van der Waals surface area contributed by atoms with Gasteiger partial charge in [0.05, 0.1) is 6.54 Å². The SMILES string of the molecule is Cc1ccc(C)c(NC(=O)NCCOc2ccccc2C(C)C)c1. The number of carbonyl (C=O) groups is 1. The Labute approximate surface area is 144 Å². The minimum Gasteiger partial charge on any atom is -0.491 e. The predicted octanol–water partition coefficient (Wildman–Crippen LogP) is 4.63. The zero-order valence-electron chi connectivity index (χ0n) is 14.8. The molecule has 2 aromatic carbocycles. The van der Waals surface area contributed by atoms with E-state index in [9.17, 15) is 4.79 Å². The van der Waals surface area contributed by atoms with Crippen LogP contribution in [0.25, 0.3) is 0 Å². The number of amides is 2. The summed E-state index contributed by atoms with van der Waals surface area (Å²) >= 11 is 0. The molecule has 0 aliphatic heterocycles. The maximum atomic E-state index is 12.0. The van der Waals surface area contributed by atoms with E-state index >= 15 is 0 Å². The normalized spacial score (nSPS) is 10.5. The van der Waals surface area contributed by atoms with Crippen LogP contribution in [0, 0.1) is 13.8 Å². The van der Waals surface area contributed by atoms with Gasteiger partial charge in [-0.25, -0.2) is 4.79 Å². The van der Waals surface area contributed by atoms with Gasteiger partial charge in [-0.2, -0.15) is 0 Å². The summed E-state index contributed by atoms with van der Waals surface area (Å²) in [6.07, 6.45) is 0. The minimum atomic E-state index is -0.218. The Morgan fingerprint density at radius 3 is 2.62 bits per heavy atom. The Balaban J connectivity index is 1.80. The lowest BCUT2D eigenvalue weighted by atomic mass is 10.0. The average Bonchev–Trinajstić information content (AvgIpc) is 2.55. The molecular formula is C20H26N2O2. The maximum Gasteiger partial charge on any atom is 0.319 e. The molecule has 4 heteroatoms. The summed E-state index contributed by atoms with van der Waals surface area (Å²) in [4.78, 5) is 12.0. The smallest absolute Gasteiger partial charge is 0.319 e. The van der Waals surface area contributed by atoms with E-state index in [1.165, 1.54) is 5.56 Å². The highest BCUT2D eigenvalue weighted by Crippen LogP contribution is 2.25. The zero-order chi connectivity index (χ0) is 17.5. The Morgan fingerprint density at radius 2 is 1.88 bits per heavy atom. The second-order valence-corrected chi connectivity index (χ2v) is 6.24. The van der Waals surface area contributed by atoms with Gasteiger partial charge in [-0.15, -0.1) is 0 Å². The summed E-state index contributed by atoms with van der Waals surface area (Å²) in [5.41, 5.74) is 4.17. The molecule has 0 saturated carbocycles. The van der Waals surface area contributed by atoms with E-state index in [1.54, 1.807) is 0 Å². The first-order valence-corrected chi connectivity index (χ1v) is 8.31. The van der Waals surface area contributed by atoms with Gasteiger partial charge in [-0.1, -0.05) is 44.2 Å². The van der Waals surface area contributed by atoms with Gasteiger partial charge in [0.15, 0.2) is 0 Å². The van der Waals surface area contributed by atoms with Gasteiger partial charge in [0.2, 0.25) is 0 Å². The van der Waals surface area contributed by atoms with Crippen molar-refractivity contribution in [2.24, 2.45) is 0 Å². The van der Waals surface area contributed by atoms with Crippen molar-refractivity contribution in [2.45, 2.75) is 33.6 Å². The van der Waals surface area contributed by atoms with Gasteiger partial charge in [-0.3, -0.25) is 0 Å². The largest absolute Gasteiger partial charge is 0.491 e. The number of aryl methyl sites for hydroxylation is 2. The molecule has 0 unspecified atom stereocenters. The van der Waals surface area contributed by atoms with E-state index in [0.717, 1.165) is 22.6 Å². The number of benzene rings is 2. The second kappa shape index (κ2) is 8.39. The molecule has 0 atom stereocenters. The van der Waals surface area contributed by atoms with Crippen LogP contribution >= 0.6 is 0 Å². The first-order valence-electron chi connectivity index (χ1n) is 8.31. The topological polar surface area (TPSA) is 50.4 Å². The van der Waals surface area contributed by atoms with Crippen LogP contribution in [0.1, 0.15) is 36.5 Å². The molecule has 0 saturated heterocycles. The molecule has 2 N–H and O–H groups in total. The number of ether oxygens (including phenoxy) is 1. The van der Waals surface area contributed by atoms with Gasteiger partial charge in [0, 0.05) is 5.69 Å². The lowest BCUT2D eigenvalue weighted by Crippen LogP contribution is -2.32. The first kappa shape index (κ1) is 17.9. The molecule has 2 aromatic rings. The molecule has 2 rings (SSSR count). The van der Waals surface area contributed by atoms with Gasteiger partial charge in [-0.05, 0) is 48.6 Å². The Hall–Kier alpha value is -2.49. The molecule has 0 bridgehead atoms. The number of carbonyl (C=O) groups excluding carboxylic acids is 1. The first-order chi connectivity index (χ1) is 11.5. The summed E-state index contributed by atoms with van der Waals surface area (Å²) in [5.74, 6) is 1.28. The third kappa shape index (κ3) is 5.01. The molecule has 24 heavy (non-hydrogen) atoms. The Bertz CT molecular complexity index is 696. The van der Waals surface area contributed by atoms with Crippen LogP contribution in [-0.2, 0) is 0 Å². The van der Waals surface area contributed by atoms with Crippen LogP contribution in [0.4, 0.5) is 10.5 Å². The minimum absolute atomic E-state index is 0.218. The van der Waals surface area contributed by atoms with Crippen molar-refractivity contribution in [1.82, 2.24) is 5.32 Å². The van der Waals surface area contributed by atoms with Crippen molar-refractivity contribution < 1.29 is 9.53 Å². The molecule has 0 aromatic heterocycles. The number of para-hydroxylation sites is 1. The van der Waals surface area contributed by atoms with Crippen LogP contribution in [0.3, 0.4) is 0 Å². The third-order valence-corrected chi connectivity index (χ3v) is 3.83. The zero-order valence-corrected chi connectivity index (χ0v) is 14.8. The molecule has 128 valence electrons. The van der Waals surface area contributed by atoms with Gasteiger partial charge in [0.1, 0.15) is 12.4 Å². The van der Waals surface area contributed by atoms with Crippen molar-refractivity contribution in [1.29, 1.82) is 0 Å². The highest BCUT2D eigenvalue weighted by atomic mass is 16.5. The molecular weight excluding hydrogens is 300 g/mol. The summed E-state index contributed by atoms with van der Waals surface area (Å²) in [7, 11) is 0. The molecule has 0 fully saturated rings. The maximum absolute atomic E-state index is 12.0. The van der Waals surface area contributed by atoms with Crippen molar-refractivity contribution in [2.75, 3.05) is 18.5 Å². The molecule has 4 nitrogen and oxygen atoms in total. The van der Waals surface area contributed by atoms with Crippen LogP contribution in [0.15, 0.2) is 42.5 Å². The van der Waals surface area contributed by atoms with E-state index in [4.69, 9.17) is 4.74 Å². The molecule has 0 heterocycles. The lowest BCUT2D eigenvalue weighted by Gasteiger charge is -2.14. The molecule has 0 aliphatic rings. The molecule has 0 radical (unpaired) electrons. The van der Waals surface area contributed by atoms with Crippen LogP contribution < -0.4 is 15.4 Å². The van der Waals surface area contributed by atoms with Crippen molar-refractivity contribution in [3.05, 3.63) is 59.2 Å². The van der Waals surface area contributed by atoms with E-state index in [2.05, 4.69) is 30.5 Å². The van der Waals surface area contributed by atoms with Crippen molar-refractivity contribution in [3.8, 4) is 5.75 Å². The monoisotopic (exact) mass is 326 g/mol. The Kier molecular flexibility index (Phi) is 6.24. The third-order valence-electron chi connectivity index (χ3n) is 3.83. The van der Waals surface area contributed by atoms with Crippen LogP contribution in [-0.4, -0.2) is 19.2 Å². The second-order valence-electron chi connectivity index (χ2n) is 6.24. The number of nitrogens with one attached hydrogen (secondary N) is 2. The summed E-state index contributed by atoms with van der Waals surface area (Å²) in [6.45, 7) is 9.13. The lowest BCUT2D eigenvalue weighted by molar-refractivity contribution is 0.247. The van der Waals surface area contributed by atoms with E-state index in [1.807, 2.05) is 50.2 Å². The number of hydrogen-bond donors (Lipinski definition) is 2. The number of hydrogen-bond acceptors (Lipinski definition) is 2. The molecule has 0 spiro atoms. The van der Waals surface area contributed by atoms with Gasteiger partial charge < -0.3 is 15.4 Å². The summed E-state index contributed by atoms with van der Waals surface area (Å²) < 4.78 is 5.80. The molecule has 0 aliphatic carbocycles. The molecule has 2 amide bonds. The van der Waals surface area contributed by atoms with E-state index < -0.39 is 0 Å². The van der Waals surface area contributed by atoms with Crippen LogP contribution in [0.5, 0.6) is 5.75 Å². The fourth-order valence-corrected chi connectivity index (χ4v) is 2.45. The highest BCUT2D eigenvalue weighted by Gasteiger charge is 2.07. The summed E-state index contributed by atoms with van der Waals surface area (Å²) in [5, 5.41) is 5.70. The number of urea groups is 1. The predicted molar refractivity (Wildman–Crippen MR) is 99.0 cm³/mol. The highest BCUT2D eigenvalue weighted by molar-refractivity contribution is 5.90.